The first-order valence-electron chi connectivity index (χ1n) is 11.8. The number of fused-ring (bicyclic) bond motifs is 1. The molecular weight excluding hydrogens is 484 g/mol. The highest BCUT2D eigenvalue weighted by atomic mass is 32.2. The van der Waals surface area contributed by atoms with Crippen molar-refractivity contribution in [1.29, 1.82) is 0 Å². The minimum absolute atomic E-state index is 0.0895. The highest BCUT2D eigenvalue weighted by molar-refractivity contribution is 7.99. The van der Waals surface area contributed by atoms with Crippen molar-refractivity contribution in [2.45, 2.75) is 19.0 Å². The number of hydrogen-bond acceptors (Lipinski definition) is 5. The normalized spacial score (nSPS) is 11.0. The maximum atomic E-state index is 13.7. The van der Waals surface area contributed by atoms with Crippen molar-refractivity contribution >= 4 is 34.4 Å². The van der Waals surface area contributed by atoms with E-state index >= 15 is 0 Å². The fourth-order valence-corrected chi connectivity index (χ4v) is 5.11. The van der Waals surface area contributed by atoms with E-state index in [1.165, 1.54) is 16.3 Å². The van der Waals surface area contributed by atoms with Crippen molar-refractivity contribution in [3.05, 3.63) is 100 Å². The fraction of sp³-hybridized carbons (Fsp3) is 0.138. The molecule has 37 heavy (non-hydrogen) atoms. The Kier molecular flexibility index (Phi) is 6.83. The van der Waals surface area contributed by atoms with E-state index in [4.69, 9.17) is 9.72 Å². The highest BCUT2D eigenvalue weighted by Gasteiger charge is 2.19. The second-order valence-corrected chi connectivity index (χ2v) is 9.68. The molecule has 0 radical (unpaired) electrons. The predicted molar refractivity (Wildman–Crippen MR) is 149 cm³/mol. The summed E-state index contributed by atoms with van der Waals surface area (Å²) in [5, 5.41) is 3.38. The molecule has 7 nitrogen and oxygen atoms in total. The van der Waals surface area contributed by atoms with Gasteiger partial charge in [0.15, 0.2) is 5.16 Å². The zero-order chi connectivity index (χ0) is 25.9. The molecule has 5 rings (SSSR count). The average Bonchev–Trinajstić information content (AvgIpc) is 3.32. The molecule has 0 saturated heterocycles. The Hall–Kier alpha value is -4.30. The third-order valence-electron chi connectivity index (χ3n) is 5.92. The summed E-state index contributed by atoms with van der Waals surface area (Å²) in [5.41, 5.74) is 6.03. The number of nitrogens with one attached hydrogen (secondary N) is 2. The van der Waals surface area contributed by atoms with E-state index < -0.39 is 0 Å². The van der Waals surface area contributed by atoms with E-state index in [1.807, 2.05) is 56.3 Å². The maximum absolute atomic E-state index is 13.7. The minimum atomic E-state index is -0.241. The van der Waals surface area contributed by atoms with E-state index in [1.54, 1.807) is 37.6 Å². The van der Waals surface area contributed by atoms with Crippen LogP contribution in [0.3, 0.4) is 0 Å². The average molecular weight is 511 g/mol. The lowest BCUT2D eigenvalue weighted by Gasteiger charge is -2.13. The SMILES string of the molecule is COc1ccc(-n2c(SCC(=O)Nc3cc(C)cc(C)c3)nc3c(-c4ccccc4)c[nH]c3c2=O)cc1. The van der Waals surface area contributed by atoms with E-state index in [0.29, 0.717) is 27.6 Å². The molecule has 0 atom stereocenters. The van der Waals surface area contributed by atoms with Gasteiger partial charge in [-0.25, -0.2) is 4.98 Å². The van der Waals surface area contributed by atoms with Crippen LogP contribution in [-0.2, 0) is 4.79 Å². The molecular formula is C29H26N4O3S. The number of aromatic nitrogens is 3. The molecule has 186 valence electrons. The number of carbonyl (C=O) groups is 1. The number of nitrogens with zero attached hydrogens (tertiary/aromatic N) is 2. The number of carbonyl (C=O) groups excluding carboxylic acids is 1. The van der Waals surface area contributed by atoms with Gasteiger partial charge in [0.05, 0.1) is 18.6 Å². The van der Waals surface area contributed by atoms with Crippen molar-refractivity contribution in [3.8, 4) is 22.6 Å². The number of ether oxygens (including phenoxy) is 1. The number of amides is 1. The van der Waals surface area contributed by atoms with Crippen LogP contribution in [0.4, 0.5) is 5.69 Å². The van der Waals surface area contributed by atoms with Crippen LogP contribution in [0.5, 0.6) is 5.75 Å². The zero-order valence-corrected chi connectivity index (χ0v) is 21.6. The van der Waals surface area contributed by atoms with Crippen LogP contribution >= 0.6 is 11.8 Å². The molecule has 2 N–H and O–H groups in total. The van der Waals surface area contributed by atoms with Gasteiger partial charge in [-0.2, -0.15) is 0 Å². The second-order valence-electron chi connectivity index (χ2n) is 8.74. The number of thioether (sulfide) groups is 1. The lowest BCUT2D eigenvalue weighted by Crippen LogP contribution is -2.23. The van der Waals surface area contributed by atoms with Gasteiger partial charge in [0.2, 0.25) is 5.91 Å². The Morgan fingerprint density at radius 1 is 1.03 bits per heavy atom. The van der Waals surface area contributed by atoms with Crippen LogP contribution in [-0.4, -0.2) is 33.3 Å². The van der Waals surface area contributed by atoms with Crippen LogP contribution in [0.25, 0.3) is 27.8 Å². The minimum Gasteiger partial charge on any atom is -0.497 e. The van der Waals surface area contributed by atoms with Gasteiger partial charge in [0.1, 0.15) is 16.8 Å². The Balaban J connectivity index is 1.54. The van der Waals surface area contributed by atoms with E-state index in [-0.39, 0.29) is 17.2 Å². The van der Waals surface area contributed by atoms with Crippen LogP contribution in [0.15, 0.2) is 88.9 Å². The maximum Gasteiger partial charge on any atom is 0.283 e. The number of anilines is 1. The Bertz CT molecular complexity index is 1620. The van der Waals surface area contributed by atoms with Crippen molar-refractivity contribution in [2.24, 2.45) is 0 Å². The van der Waals surface area contributed by atoms with Crippen LogP contribution in [0.1, 0.15) is 11.1 Å². The molecule has 0 aliphatic rings. The lowest BCUT2D eigenvalue weighted by molar-refractivity contribution is -0.113. The molecule has 0 saturated carbocycles. The van der Waals surface area contributed by atoms with E-state index in [2.05, 4.69) is 16.4 Å². The Labute approximate surface area is 218 Å². The van der Waals surface area contributed by atoms with Crippen LogP contribution in [0, 0.1) is 13.8 Å². The largest absolute Gasteiger partial charge is 0.497 e. The van der Waals surface area contributed by atoms with Gasteiger partial charge < -0.3 is 15.0 Å². The van der Waals surface area contributed by atoms with Gasteiger partial charge in [0.25, 0.3) is 5.56 Å². The van der Waals surface area contributed by atoms with Gasteiger partial charge in [-0.3, -0.25) is 14.2 Å². The standard InChI is InChI=1S/C29H26N4O3S/c1-18-13-19(2)15-21(14-18)31-25(34)17-37-29-32-26-24(20-7-5-4-6-8-20)16-30-27(26)28(35)33(29)22-9-11-23(36-3)12-10-22/h4-16,30H,17H2,1-3H3,(H,31,34). The first-order valence-corrected chi connectivity index (χ1v) is 12.8. The molecule has 0 aliphatic carbocycles. The number of H-pyrrole nitrogens is 1. The Morgan fingerprint density at radius 2 is 1.73 bits per heavy atom. The van der Waals surface area contributed by atoms with Gasteiger partial charge in [-0.1, -0.05) is 48.2 Å². The summed E-state index contributed by atoms with van der Waals surface area (Å²) in [6.45, 7) is 3.98. The van der Waals surface area contributed by atoms with Gasteiger partial charge in [-0.05, 0) is 66.9 Å². The molecule has 0 fully saturated rings. The first-order chi connectivity index (χ1) is 17.9. The molecule has 3 aromatic carbocycles. The smallest absolute Gasteiger partial charge is 0.283 e. The second kappa shape index (κ2) is 10.4. The van der Waals surface area contributed by atoms with Crippen molar-refractivity contribution in [3.63, 3.8) is 0 Å². The molecule has 2 heterocycles. The van der Waals surface area contributed by atoms with E-state index in [0.717, 1.165) is 27.9 Å². The summed E-state index contributed by atoms with van der Waals surface area (Å²) >= 11 is 1.22. The number of hydrogen-bond donors (Lipinski definition) is 2. The molecule has 0 spiro atoms. The third-order valence-corrected chi connectivity index (χ3v) is 6.86. The number of methoxy groups -OCH3 is 1. The monoisotopic (exact) mass is 510 g/mol. The van der Waals surface area contributed by atoms with Crippen molar-refractivity contribution in [2.75, 3.05) is 18.2 Å². The molecule has 1 amide bonds. The molecule has 5 aromatic rings. The topological polar surface area (TPSA) is 89.0 Å². The Morgan fingerprint density at radius 3 is 2.41 bits per heavy atom. The predicted octanol–water partition coefficient (Wildman–Crippen LogP) is 5.74. The van der Waals surface area contributed by atoms with Gasteiger partial charge >= 0.3 is 0 Å². The first kappa shape index (κ1) is 24.4. The van der Waals surface area contributed by atoms with Gasteiger partial charge in [-0.15, -0.1) is 0 Å². The number of aryl methyl sites for hydroxylation is 2. The van der Waals surface area contributed by atoms with Crippen molar-refractivity contribution < 1.29 is 9.53 Å². The summed E-state index contributed by atoms with van der Waals surface area (Å²) in [7, 11) is 1.59. The number of aromatic amines is 1. The molecule has 2 aromatic heterocycles. The summed E-state index contributed by atoms with van der Waals surface area (Å²) in [6.07, 6.45) is 1.80. The number of rotatable bonds is 7. The summed E-state index contributed by atoms with van der Waals surface area (Å²) in [4.78, 5) is 34.6. The van der Waals surface area contributed by atoms with E-state index in [9.17, 15) is 9.59 Å². The molecule has 0 unspecified atom stereocenters. The summed E-state index contributed by atoms with van der Waals surface area (Å²) in [6, 6.07) is 22.9. The molecule has 8 heteroatoms. The lowest BCUT2D eigenvalue weighted by atomic mass is 10.1. The summed E-state index contributed by atoms with van der Waals surface area (Å²) in [5.74, 6) is 0.591. The highest BCUT2D eigenvalue weighted by Crippen LogP contribution is 2.29. The zero-order valence-electron chi connectivity index (χ0n) is 20.7. The third kappa shape index (κ3) is 5.15. The van der Waals surface area contributed by atoms with Gasteiger partial charge in [0, 0.05) is 17.4 Å². The molecule has 0 aliphatic heterocycles. The summed E-state index contributed by atoms with van der Waals surface area (Å²) < 4.78 is 6.80. The van der Waals surface area contributed by atoms with Crippen LogP contribution in [0.2, 0.25) is 0 Å². The molecule has 0 bridgehead atoms. The quantitative estimate of drug-likeness (QED) is 0.215. The van der Waals surface area contributed by atoms with Crippen molar-refractivity contribution in [1.82, 2.24) is 14.5 Å². The van der Waals surface area contributed by atoms with Crippen LogP contribution < -0.4 is 15.6 Å². The fourth-order valence-electron chi connectivity index (χ4n) is 4.31. The number of benzene rings is 3.